The lowest BCUT2D eigenvalue weighted by atomic mass is 10.3. The van der Waals surface area contributed by atoms with Crippen molar-refractivity contribution in [2.24, 2.45) is 0 Å². The number of thiophene rings is 1. The minimum absolute atomic E-state index is 0.854. The highest BCUT2D eigenvalue weighted by atomic mass is 32.1. The molecule has 0 aliphatic heterocycles. The summed E-state index contributed by atoms with van der Waals surface area (Å²) in [6.45, 7) is 0.854. The first-order valence-corrected chi connectivity index (χ1v) is 6.08. The second-order valence-corrected chi connectivity index (χ2v) is 4.56. The third-order valence-electron chi connectivity index (χ3n) is 2.28. The van der Waals surface area contributed by atoms with Gasteiger partial charge in [0.15, 0.2) is 0 Å². The lowest BCUT2D eigenvalue weighted by molar-refractivity contribution is 1.06. The highest BCUT2D eigenvalue weighted by Gasteiger charge is 1.97. The predicted molar refractivity (Wildman–Crippen MR) is 70.2 cm³/mol. The highest BCUT2D eigenvalue weighted by Crippen LogP contribution is 2.13. The van der Waals surface area contributed by atoms with Gasteiger partial charge in [0.2, 0.25) is 0 Å². The second-order valence-electron chi connectivity index (χ2n) is 3.78. The molecule has 0 amide bonds. The monoisotopic (exact) mass is 233 g/mol. The van der Waals surface area contributed by atoms with E-state index >= 15 is 0 Å². The Morgan fingerprint density at radius 2 is 2.19 bits per heavy atom. The van der Waals surface area contributed by atoms with Crippen molar-refractivity contribution in [3.63, 3.8) is 0 Å². The quantitative estimate of drug-likeness (QED) is 0.880. The fourth-order valence-electron chi connectivity index (χ4n) is 1.35. The first-order chi connectivity index (χ1) is 7.75. The van der Waals surface area contributed by atoms with E-state index in [1.807, 2.05) is 31.3 Å². The van der Waals surface area contributed by atoms with Gasteiger partial charge in [-0.25, -0.2) is 4.98 Å². The largest absolute Gasteiger partial charge is 0.380 e. The standard InChI is InChI=1S/C12H15N3S/c1-15(2)12-4-3-11(8-14-12)13-7-10-5-6-16-9-10/h3-6,8-9,13H,7H2,1-2H3. The van der Waals surface area contributed by atoms with Crippen molar-refractivity contribution >= 4 is 22.8 Å². The SMILES string of the molecule is CN(C)c1ccc(NCc2ccsc2)cn1. The molecule has 0 aromatic carbocycles. The minimum atomic E-state index is 0.854. The number of aromatic nitrogens is 1. The van der Waals surface area contributed by atoms with Crippen LogP contribution in [-0.2, 0) is 6.54 Å². The van der Waals surface area contributed by atoms with Gasteiger partial charge in [0, 0.05) is 20.6 Å². The Morgan fingerprint density at radius 3 is 2.75 bits per heavy atom. The summed E-state index contributed by atoms with van der Waals surface area (Å²) in [4.78, 5) is 6.33. The van der Waals surface area contributed by atoms with Crippen LogP contribution in [0, 0.1) is 0 Å². The van der Waals surface area contributed by atoms with E-state index in [0.717, 1.165) is 18.1 Å². The van der Waals surface area contributed by atoms with Gasteiger partial charge in [-0.05, 0) is 34.5 Å². The van der Waals surface area contributed by atoms with Crippen molar-refractivity contribution in [3.8, 4) is 0 Å². The van der Waals surface area contributed by atoms with Crippen LogP contribution in [0.3, 0.4) is 0 Å². The van der Waals surface area contributed by atoms with Gasteiger partial charge < -0.3 is 10.2 Å². The molecule has 2 heterocycles. The summed E-state index contributed by atoms with van der Waals surface area (Å²) in [5.74, 6) is 0.973. The molecule has 0 saturated heterocycles. The average molecular weight is 233 g/mol. The molecular formula is C12H15N3S. The summed E-state index contributed by atoms with van der Waals surface area (Å²) >= 11 is 1.72. The Balaban J connectivity index is 1.95. The lowest BCUT2D eigenvalue weighted by Gasteiger charge is -2.11. The molecular weight excluding hydrogens is 218 g/mol. The fourth-order valence-corrected chi connectivity index (χ4v) is 2.02. The van der Waals surface area contributed by atoms with E-state index in [9.17, 15) is 0 Å². The van der Waals surface area contributed by atoms with Crippen LogP contribution in [-0.4, -0.2) is 19.1 Å². The van der Waals surface area contributed by atoms with Crippen LogP contribution in [0.25, 0.3) is 0 Å². The summed E-state index contributed by atoms with van der Waals surface area (Å²) in [6, 6.07) is 6.18. The van der Waals surface area contributed by atoms with Gasteiger partial charge in [-0.15, -0.1) is 0 Å². The van der Waals surface area contributed by atoms with Crippen LogP contribution in [0.5, 0.6) is 0 Å². The first kappa shape index (κ1) is 11.0. The lowest BCUT2D eigenvalue weighted by Crippen LogP contribution is -2.10. The molecule has 4 heteroatoms. The number of nitrogens with one attached hydrogen (secondary N) is 1. The summed E-state index contributed by atoms with van der Waals surface area (Å²) in [6.07, 6.45) is 1.86. The molecule has 2 rings (SSSR count). The van der Waals surface area contributed by atoms with E-state index in [0.29, 0.717) is 0 Å². The second kappa shape index (κ2) is 4.99. The number of hydrogen-bond donors (Lipinski definition) is 1. The summed E-state index contributed by atoms with van der Waals surface area (Å²) in [5.41, 5.74) is 2.36. The van der Waals surface area contributed by atoms with E-state index in [2.05, 4.69) is 33.2 Å². The van der Waals surface area contributed by atoms with E-state index in [4.69, 9.17) is 0 Å². The molecule has 3 nitrogen and oxygen atoms in total. The van der Waals surface area contributed by atoms with Crippen LogP contribution in [0.2, 0.25) is 0 Å². The highest BCUT2D eigenvalue weighted by molar-refractivity contribution is 7.07. The smallest absolute Gasteiger partial charge is 0.128 e. The van der Waals surface area contributed by atoms with Crippen molar-refractivity contribution in [1.29, 1.82) is 0 Å². The van der Waals surface area contributed by atoms with Crippen molar-refractivity contribution in [3.05, 3.63) is 40.7 Å². The van der Waals surface area contributed by atoms with Crippen LogP contribution in [0.1, 0.15) is 5.56 Å². The molecule has 0 radical (unpaired) electrons. The fraction of sp³-hybridized carbons (Fsp3) is 0.250. The van der Waals surface area contributed by atoms with Gasteiger partial charge in [-0.1, -0.05) is 0 Å². The molecule has 16 heavy (non-hydrogen) atoms. The van der Waals surface area contributed by atoms with Crippen LogP contribution in [0.15, 0.2) is 35.2 Å². The topological polar surface area (TPSA) is 28.2 Å². The van der Waals surface area contributed by atoms with Crippen molar-refractivity contribution in [2.75, 3.05) is 24.3 Å². The van der Waals surface area contributed by atoms with Crippen molar-refractivity contribution < 1.29 is 0 Å². The third kappa shape index (κ3) is 2.73. The zero-order valence-corrected chi connectivity index (χ0v) is 10.3. The molecule has 84 valence electrons. The molecule has 2 aromatic heterocycles. The number of pyridine rings is 1. The van der Waals surface area contributed by atoms with Crippen molar-refractivity contribution in [2.45, 2.75) is 6.54 Å². The maximum atomic E-state index is 4.34. The van der Waals surface area contributed by atoms with Gasteiger partial charge in [0.1, 0.15) is 5.82 Å². The number of rotatable bonds is 4. The average Bonchev–Trinajstić information content (AvgIpc) is 2.80. The molecule has 2 aromatic rings. The molecule has 0 atom stereocenters. The zero-order valence-electron chi connectivity index (χ0n) is 9.47. The molecule has 0 spiro atoms. The number of hydrogen-bond acceptors (Lipinski definition) is 4. The van der Waals surface area contributed by atoms with Crippen LogP contribution >= 0.6 is 11.3 Å². The van der Waals surface area contributed by atoms with Gasteiger partial charge in [-0.2, -0.15) is 11.3 Å². The maximum absolute atomic E-state index is 4.34. The zero-order chi connectivity index (χ0) is 11.4. The summed E-state index contributed by atoms with van der Waals surface area (Å²) < 4.78 is 0. The van der Waals surface area contributed by atoms with E-state index in [1.165, 1.54) is 5.56 Å². The number of anilines is 2. The predicted octanol–water partition coefficient (Wildman–Crippen LogP) is 2.82. The summed E-state index contributed by atoms with van der Waals surface area (Å²) in [7, 11) is 3.97. The van der Waals surface area contributed by atoms with Gasteiger partial charge in [0.05, 0.1) is 11.9 Å². The molecule has 0 aliphatic carbocycles. The van der Waals surface area contributed by atoms with Gasteiger partial charge in [-0.3, -0.25) is 0 Å². The van der Waals surface area contributed by atoms with Crippen molar-refractivity contribution in [1.82, 2.24) is 4.98 Å². The van der Waals surface area contributed by atoms with E-state index in [1.54, 1.807) is 11.3 Å². The Morgan fingerprint density at radius 1 is 1.31 bits per heavy atom. The Kier molecular flexibility index (Phi) is 3.41. The molecule has 0 unspecified atom stereocenters. The summed E-state index contributed by atoms with van der Waals surface area (Å²) in [5, 5.41) is 7.57. The van der Waals surface area contributed by atoms with Crippen LogP contribution < -0.4 is 10.2 Å². The normalized spacial score (nSPS) is 10.1. The maximum Gasteiger partial charge on any atom is 0.128 e. The molecule has 1 N–H and O–H groups in total. The van der Waals surface area contributed by atoms with Gasteiger partial charge >= 0.3 is 0 Å². The van der Waals surface area contributed by atoms with Crippen LogP contribution in [0.4, 0.5) is 11.5 Å². The molecule has 0 bridgehead atoms. The van der Waals surface area contributed by atoms with E-state index in [-0.39, 0.29) is 0 Å². The van der Waals surface area contributed by atoms with Gasteiger partial charge in [0.25, 0.3) is 0 Å². The molecule has 0 saturated carbocycles. The Bertz CT molecular complexity index is 420. The molecule has 0 aliphatic rings. The minimum Gasteiger partial charge on any atom is -0.380 e. The Hall–Kier alpha value is -1.55. The molecule has 0 fully saturated rings. The van der Waals surface area contributed by atoms with E-state index < -0.39 is 0 Å². The third-order valence-corrected chi connectivity index (χ3v) is 3.01. The number of nitrogens with zero attached hydrogens (tertiary/aromatic N) is 2. The Labute approximate surface area is 99.8 Å². The first-order valence-electron chi connectivity index (χ1n) is 5.14.